The third-order valence-electron chi connectivity index (χ3n) is 4.27. The summed E-state index contributed by atoms with van der Waals surface area (Å²) in [5.74, 6) is 1.70. The van der Waals surface area contributed by atoms with Crippen LogP contribution in [-0.4, -0.2) is 46.8 Å². The Morgan fingerprint density at radius 2 is 2.44 bits per heavy atom. The number of rotatable bonds is 4. The molecule has 0 radical (unpaired) electrons. The first-order valence-corrected chi connectivity index (χ1v) is 6.99. The van der Waals surface area contributed by atoms with E-state index in [0.29, 0.717) is 5.54 Å². The van der Waals surface area contributed by atoms with Crippen LogP contribution in [0.5, 0.6) is 0 Å². The average Bonchev–Trinajstić information content (AvgIpc) is 3.12. The maximum atomic E-state index is 4.78. The van der Waals surface area contributed by atoms with Crippen LogP contribution in [0, 0.1) is 5.92 Å². The molecule has 0 bridgehead atoms. The highest BCUT2D eigenvalue weighted by Gasteiger charge is 2.42. The summed E-state index contributed by atoms with van der Waals surface area (Å²) in [7, 11) is 0. The molecule has 5 heteroatoms. The van der Waals surface area contributed by atoms with E-state index in [2.05, 4.69) is 27.3 Å². The van der Waals surface area contributed by atoms with Gasteiger partial charge >= 0.3 is 0 Å². The van der Waals surface area contributed by atoms with Crippen molar-refractivity contribution < 1.29 is 4.52 Å². The van der Waals surface area contributed by atoms with Gasteiger partial charge in [-0.3, -0.25) is 0 Å². The van der Waals surface area contributed by atoms with E-state index in [4.69, 9.17) is 4.52 Å². The van der Waals surface area contributed by atoms with Crippen LogP contribution in [-0.2, 0) is 6.42 Å². The van der Waals surface area contributed by atoms with Gasteiger partial charge in [-0.1, -0.05) is 5.16 Å². The predicted octanol–water partition coefficient (Wildman–Crippen LogP) is 1.08. The highest BCUT2D eigenvalue weighted by atomic mass is 16.5. The summed E-state index contributed by atoms with van der Waals surface area (Å²) in [4.78, 5) is 6.64. The molecule has 2 fully saturated rings. The van der Waals surface area contributed by atoms with Gasteiger partial charge in [0, 0.05) is 25.0 Å². The van der Waals surface area contributed by atoms with Crippen LogP contribution >= 0.6 is 0 Å². The SMILES string of the molecule is CC1(C2CC2)CN(CCc2ncon2)CCCN1. The Hall–Kier alpha value is -0.940. The molecule has 1 aromatic rings. The first-order chi connectivity index (χ1) is 8.76. The first-order valence-electron chi connectivity index (χ1n) is 6.99. The zero-order valence-corrected chi connectivity index (χ0v) is 11.1. The van der Waals surface area contributed by atoms with Crippen molar-refractivity contribution in [1.29, 1.82) is 0 Å². The summed E-state index contributed by atoms with van der Waals surface area (Å²) in [6.45, 7) is 6.88. The molecule has 1 atom stereocenters. The molecular weight excluding hydrogens is 228 g/mol. The van der Waals surface area contributed by atoms with E-state index >= 15 is 0 Å². The molecule has 5 nitrogen and oxygen atoms in total. The van der Waals surface area contributed by atoms with Crippen LogP contribution in [0.15, 0.2) is 10.9 Å². The quantitative estimate of drug-likeness (QED) is 0.866. The smallest absolute Gasteiger partial charge is 0.213 e. The lowest BCUT2D eigenvalue weighted by Crippen LogP contribution is -2.51. The second-order valence-corrected chi connectivity index (χ2v) is 5.85. The minimum Gasteiger partial charge on any atom is -0.343 e. The Morgan fingerprint density at radius 1 is 1.56 bits per heavy atom. The maximum Gasteiger partial charge on any atom is 0.213 e. The minimum absolute atomic E-state index is 0.313. The first kappa shape index (κ1) is 12.1. The molecule has 1 saturated carbocycles. The van der Waals surface area contributed by atoms with E-state index in [9.17, 15) is 0 Å². The Kier molecular flexibility index (Phi) is 3.35. The molecule has 0 aromatic carbocycles. The van der Waals surface area contributed by atoms with E-state index in [0.717, 1.165) is 37.8 Å². The van der Waals surface area contributed by atoms with Crippen molar-refractivity contribution >= 4 is 0 Å². The van der Waals surface area contributed by atoms with Gasteiger partial charge in [0.15, 0.2) is 5.82 Å². The van der Waals surface area contributed by atoms with Gasteiger partial charge in [0.1, 0.15) is 0 Å². The molecule has 1 aliphatic heterocycles. The van der Waals surface area contributed by atoms with E-state index in [1.54, 1.807) is 0 Å². The number of nitrogens with one attached hydrogen (secondary N) is 1. The van der Waals surface area contributed by atoms with Crippen molar-refractivity contribution in [1.82, 2.24) is 20.4 Å². The number of nitrogens with zero attached hydrogens (tertiary/aromatic N) is 3. The van der Waals surface area contributed by atoms with Crippen LogP contribution in [0.3, 0.4) is 0 Å². The Labute approximate surface area is 108 Å². The van der Waals surface area contributed by atoms with Gasteiger partial charge in [-0.05, 0) is 45.2 Å². The van der Waals surface area contributed by atoms with Gasteiger partial charge in [-0.2, -0.15) is 4.98 Å². The van der Waals surface area contributed by atoms with Gasteiger partial charge in [-0.15, -0.1) is 0 Å². The van der Waals surface area contributed by atoms with Crippen LogP contribution < -0.4 is 5.32 Å². The fourth-order valence-electron chi connectivity index (χ4n) is 3.02. The van der Waals surface area contributed by atoms with Gasteiger partial charge in [0.05, 0.1) is 0 Å². The van der Waals surface area contributed by atoms with Gasteiger partial charge in [0.25, 0.3) is 0 Å². The topological polar surface area (TPSA) is 54.2 Å². The largest absolute Gasteiger partial charge is 0.343 e. The summed E-state index contributed by atoms with van der Waals surface area (Å²) in [5, 5.41) is 7.63. The number of hydrogen-bond donors (Lipinski definition) is 1. The van der Waals surface area contributed by atoms with Gasteiger partial charge < -0.3 is 14.7 Å². The lowest BCUT2D eigenvalue weighted by molar-refractivity contribution is 0.201. The van der Waals surface area contributed by atoms with Gasteiger partial charge in [-0.25, -0.2) is 0 Å². The fraction of sp³-hybridized carbons (Fsp3) is 0.846. The zero-order valence-electron chi connectivity index (χ0n) is 11.1. The van der Waals surface area contributed by atoms with E-state index in [1.807, 2.05) is 0 Å². The van der Waals surface area contributed by atoms with Crippen molar-refractivity contribution in [3.05, 3.63) is 12.2 Å². The third-order valence-corrected chi connectivity index (χ3v) is 4.27. The molecule has 18 heavy (non-hydrogen) atoms. The Morgan fingerprint density at radius 3 is 3.17 bits per heavy atom. The molecule has 2 heterocycles. The molecule has 1 aromatic heterocycles. The van der Waals surface area contributed by atoms with Crippen LogP contribution in [0.4, 0.5) is 0 Å². The van der Waals surface area contributed by atoms with Crippen molar-refractivity contribution in [2.75, 3.05) is 26.2 Å². The van der Waals surface area contributed by atoms with E-state index < -0.39 is 0 Å². The van der Waals surface area contributed by atoms with Crippen molar-refractivity contribution in [2.45, 2.75) is 38.1 Å². The molecule has 1 aliphatic carbocycles. The molecule has 2 aliphatic rings. The molecule has 100 valence electrons. The summed E-state index contributed by atoms with van der Waals surface area (Å²) in [6.07, 6.45) is 6.31. The van der Waals surface area contributed by atoms with Crippen molar-refractivity contribution in [2.24, 2.45) is 5.92 Å². The molecule has 1 saturated heterocycles. The van der Waals surface area contributed by atoms with Crippen molar-refractivity contribution in [3.8, 4) is 0 Å². The second-order valence-electron chi connectivity index (χ2n) is 5.85. The monoisotopic (exact) mass is 250 g/mol. The van der Waals surface area contributed by atoms with Crippen LogP contribution in [0.2, 0.25) is 0 Å². The van der Waals surface area contributed by atoms with E-state index in [1.165, 1.54) is 32.2 Å². The predicted molar refractivity (Wildman–Crippen MR) is 68.2 cm³/mol. The molecular formula is C13H22N4O. The zero-order chi connectivity index (χ0) is 12.4. The molecule has 0 amide bonds. The molecule has 1 unspecified atom stereocenters. The lowest BCUT2D eigenvalue weighted by Gasteiger charge is -2.33. The Balaban J connectivity index is 1.57. The fourth-order valence-corrected chi connectivity index (χ4v) is 3.02. The number of aromatic nitrogens is 2. The summed E-state index contributed by atoms with van der Waals surface area (Å²) < 4.78 is 4.78. The highest BCUT2D eigenvalue weighted by Crippen LogP contribution is 2.40. The molecule has 3 rings (SSSR count). The lowest BCUT2D eigenvalue weighted by atomic mass is 9.95. The summed E-state index contributed by atoms with van der Waals surface area (Å²) in [6, 6.07) is 0. The standard InChI is InChI=1S/C13H22N4O/c1-13(11-3-4-11)9-17(7-2-6-15-13)8-5-12-14-10-18-16-12/h10-11,15H,2-9H2,1H3. The van der Waals surface area contributed by atoms with E-state index in [-0.39, 0.29) is 0 Å². The number of hydrogen-bond acceptors (Lipinski definition) is 5. The molecule has 0 spiro atoms. The van der Waals surface area contributed by atoms with Gasteiger partial charge in [0.2, 0.25) is 6.39 Å². The average molecular weight is 250 g/mol. The second kappa shape index (κ2) is 4.97. The summed E-state index contributed by atoms with van der Waals surface area (Å²) in [5.41, 5.74) is 0.313. The Bertz CT molecular complexity index is 376. The highest BCUT2D eigenvalue weighted by molar-refractivity contribution is 5.01. The summed E-state index contributed by atoms with van der Waals surface area (Å²) >= 11 is 0. The van der Waals surface area contributed by atoms with Crippen LogP contribution in [0.1, 0.15) is 32.0 Å². The van der Waals surface area contributed by atoms with Crippen molar-refractivity contribution in [3.63, 3.8) is 0 Å². The van der Waals surface area contributed by atoms with Crippen LogP contribution in [0.25, 0.3) is 0 Å². The minimum atomic E-state index is 0.313. The molecule has 1 N–H and O–H groups in total. The maximum absolute atomic E-state index is 4.78. The third kappa shape index (κ3) is 2.72. The normalized spacial score (nSPS) is 30.3.